The van der Waals surface area contributed by atoms with Crippen molar-refractivity contribution in [2.24, 2.45) is 5.41 Å². The summed E-state index contributed by atoms with van der Waals surface area (Å²) in [4.78, 5) is 0. The Balaban J connectivity index is 1.80. The zero-order chi connectivity index (χ0) is 13.0. The smallest absolute Gasteiger partial charge is 0.127 e. The Labute approximate surface area is 116 Å². The molecule has 1 aromatic rings. The molecule has 1 fully saturated rings. The summed E-state index contributed by atoms with van der Waals surface area (Å²) in [6.07, 6.45) is 3.60. The van der Waals surface area contributed by atoms with E-state index in [2.05, 4.69) is 21.2 Å². The lowest BCUT2D eigenvalue weighted by atomic mass is 10.0. The van der Waals surface area contributed by atoms with Gasteiger partial charge in [-0.2, -0.15) is 0 Å². The zero-order valence-electron chi connectivity index (χ0n) is 10.6. The van der Waals surface area contributed by atoms with Crippen molar-refractivity contribution in [1.82, 2.24) is 5.32 Å². The molecule has 0 unspecified atom stereocenters. The van der Waals surface area contributed by atoms with Crippen LogP contribution in [0.25, 0.3) is 0 Å². The van der Waals surface area contributed by atoms with E-state index in [0.717, 1.165) is 24.0 Å². The molecular weight excluding hydrogens is 297 g/mol. The van der Waals surface area contributed by atoms with Crippen molar-refractivity contribution in [3.8, 4) is 0 Å². The third kappa shape index (κ3) is 3.77. The summed E-state index contributed by atoms with van der Waals surface area (Å²) in [7, 11) is 1.74. The van der Waals surface area contributed by atoms with Gasteiger partial charge in [0.1, 0.15) is 5.82 Å². The molecule has 1 aliphatic rings. The number of ether oxygens (including phenoxy) is 1. The summed E-state index contributed by atoms with van der Waals surface area (Å²) in [5, 5.41) is 3.37. The molecule has 4 heteroatoms. The monoisotopic (exact) mass is 315 g/mol. The second kappa shape index (κ2) is 6.13. The Morgan fingerprint density at radius 2 is 2.22 bits per heavy atom. The van der Waals surface area contributed by atoms with Gasteiger partial charge in [-0.15, -0.1) is 0 Å². The fraction of sp³-hybridized carbons (Fsp3) is 0.571. The lowest BCUT2D eigenvalue weighted by molar-refractivity contribution is 0.171. The molecule has 0 aromatic heterocycles. The SMILES string of the molecule is COCCC1(CNCc2cc(Br)ccc2F)CC1. The molecule has 0 spiro atoms. The van der Waals surface area contributed by atoms with Gasteiger partial charge in [0.15, 0.2) is 0 Å². The highest BCUT2D eigenvalue weighted by Gasteiger charge is 2.41. The van der Waals surface area contributed by atoms with Crippen LogP contribution in [0.1, 0.15) is 24.8 Å². The fourth-order valence-electron chi connectivity index (χ4n) is 2.15. The minimum atomic E-state index is -0.146. The molecule has 2 nitrogen and oxygen atoms in total. The van der Waals surface area contributed by atoms with Gasteiger partial charge in [-0.05, 0) is 42.9 Å². The second-order valence-corrected chi connectivity index (χ2v) is 6.00. The fourth-order valence-corrected chi connectivity index (χ4v) is 2.56. The average Bonchev–Trinajstić information content (AvgIpc) is 3.12. The largest absolute Gasteiger partial charge is 0.385 e. The van der Waals surface area contributed by atoms with E-state index in [-0.39, 0.29) is 5.82 Å². The average molecular weight is 316 g/mol. The van der Waals surface area contributed by atoms with E-state index in [4.69, 9.17) is 4.74 Å². The Bertz CT molecular complexity index is 407. The first-order valence-electron chi connectivity index (χ1n) is 6.29. The maximum atomic E-state index is 13.5. The van der Waals surface area contributed by atoms with Crippen LogP contribution in [0.5, 0.6) is 0 Å². The highest BCUT2D eigenvalue weighted by atomic mass is 79.9. The summed E-state index contributed by atoms with van der Waals surface area (Å²) >= 11 is 3.36. The van der Waals surface area contributed by atoms with E-state index in [1.165, 1.54) is 18.9 Å². The third-order valence-corrected chi connectivity index (χ3v) is 4.11. The molecule has 0 atom stereocenters. The Hall–Kier alpha value is -0.450. The van der Waals surface area contributed by atoms with Gasteiger partial charge in [0.25, 0.3) is 0 Å². The predicted molar refractivity (Wildman–Crippen MR) is 74.0 cm³/mol. The highest BCUT2D eigenvalue weighted by molar-refractivity contribution is 9.10. The molecule has 0 aliphatic heterocycles. The molecule has 2 rings (SSSR count). The van der Waals surface area contributed by atoms with Gasteiger partial charge in [0.2, 0.25) is 0 Å². The first kappa shape index (κ1) is 14.0. The molecule has 1 saturated carbocycles. The standard InChI is InChI=1S/C14H19BrFNO/c1-18-7-6-14(4-5-14)10-17-9-11-8-12(15)2-3-13(11)16/h2-3,8,17H,4-7,9-10H2,1H3. The normalized spacial score (nSPS) is 16.8. The van der Waals surface area contributed by atoms with E-state index in [1.807, 2.05) is 6.07 Å². The number of hydrogen-bond donors (Lipinski definition) is 1. The Morgan fingerprint density at radius 3 is 2.89 bits per heavy atom. The lowest BCUT2D eigenvalue weighted by Crippen LogP contribution is -2.25. The number of halogens is 2. The van der Waals surface area contributed by atoms with Crippen LogP contribution in [0.2, 0.25) is 0 Å². The molecule has 0 bridgehead atoms. The summed E-state index contributed by atoms with van der Waals surface area (Å²) in [6.45, 7) is 2.34. The minimum Gasteiger partial charge on any atom is -0.385 e. The summed E-state index contributed by atoms with van der Waals surface area (Å²) in [6, 6.07) is 5.05. The van der Waals surface area contributed by atoms with E-state index in [1.54, 1.807) is 13.2 Å². The molecule has 0 amide bonds. The van der Waals surface area contributed by atoms with Crippen molar-refractivity contribution in [1.29, 1.82) is 0 Å². The van der Waals surface area contributed by atoms with Gasteiger partial charge in [-0.25, -0.2) is 4.39 Å². The van der Waals surface area contributed by atoms with Crippen molar-refractivity contribution >= 4 is 15.9 Å². The maximum Gasteiger partial charge on any atom is 0.127 e. The van der Waals surface area contributed by atoms with Crippen LogP contribution in [0.15, 0.2) is 22.7 Å². The zero-order valence-corrected chi connectivity index (χ0v) is 12.2. The summed E-state index contributed by atoms with van der Waals surface area (Å²) in [5.41, 5.74) is 1.12. The van der Waals surface area contributed by atoms with E-state index < -0.39 is 0 Å². The number of hydrogen-bond acceptors (Lipinski definition) is 2. The Kier molecular flexibility index (Phi) is 4.76. The number of rotatable bonds is 7. The van der Waals surface area contributed by atoms with Crippen LogP contribution in [0.3, 0.4) is 0 Å². The Morgan fingerprint density at radius 1 is 1.44 bits per heavy atom. The molecule has 18 heavy (non-hydrogen) atoms. The summed E-state index contributed by atoms with van der Waals surface area (Å²) in [5.74, 6) is -0.146. The third-order valence-electron chi connectivity index (χ3n) is 3.62. The van der Waals surface area contributed by atoms with Gasteiger partial charge >= 0.3 is 0 Å². The van der Waals surface area contributed by atoms with Crippen molar-refractivity contribution in [3.05, 3.63) is 34.1 Å². The molecule has 1 aromatic carbocycles. The quantitative estimate of drug-likeness (QED) is 0.831. The predicted octanol–water partition coefficient (Wildman–Crippen LogP) is 3.49. The topological polar surface area (TPSA) is 21.3 Å². The van der Waals surface area contributed by atoms with Crippen molar-refractivity contribution in [2.45, 2.75) is 25.8 Å². The van der Waals surface area contributed by atoms with Crippen LogP contribution in [0.4, 0.5) is 4.39 Å². The van der Waals surface area contributed by atoms with Crippen molar-refractivity contribution < 1.29 is 9.13 Å². The molecule has 0 saturated heterocycles. The summed E-state index contributed by atoms with van der Waals surface area (Å²) < 4.78 is 19.6. The van der Waals surface area contributed by atoms with E-state index in [9.17, 15) is 4.39 Å². The lowest BCUT2D eigenvalue weighted by Gasteiger charge is -2.15. The number of benzene rings is 1. The molecule has 1 N–H and O–H groups in total. The first-order valence-corrected chi connectivity index (χ1v) is 7.08. The van der Waals surface area contributed by atoms with Gasteiger partial charge in [0.05, 0.1) is 0 Å². The molecule has 1 aliphatic carbocycles. The molecule has 0 radical (unpaired) electrons. The van der Waals surface area contributed by atoms with Crippen LogP contribution >= 0.6 is 15.9 Å². The highest BCUT2D eigenvalue weighted by Crippen LogP contribution is 2.48. The molecule has 0 heterocycles. The van der Waals surface area contributed by atoms with Gasteiger partial charge < -0.3 is 10.1 Å². The second-order valence-electron chi connectivity index (χ2n) is 5.08. The van der Waals surface area contributed by atoms with Crippen molar-refractivity contribution in [2.75, 3.05) is 20.3 Å². The van der Waals surface area contributed by atoms with Crippen LogP contribution < -0.4 is 5.32 Å². The van der Waals surface area contributed by atoms with Gasteiger partial charge in [-0.3, -0.25) is 0 Å². The van der Waals surface area contributed by atoms with Gasteiger partial charge in [0, 0.05) is 36.8 Å². The van der Waals surface area contributed by atoms with Crippen LogP contribution in [-0.4, -0.2) is 20.3 Å². The molecular formula is C14H19BrFNO. The maximum absolute atomic E-state index is 13.5. The van der Waals surface area contributed by atoms with E-state index in [0.29, 0.717) is 17.5 Å². The number of nitrogens with one attached hydrogen (secondary N) is 1. The first-order chi connectivity index (χ1) is 8.65. The van der Waals surface area contributed by atoms with E-state index >= 15 is 0 Å². The van der Waals surface area contributed by atoms with Crippen LogP contribution in [0, 0.1) is 11.2 Å². The molecule has 100 valence electrons. The number of methoxy groups -OCH3 is 1. The van der Waals surface area contributed by atoms with Crippen LogP contribution in [-0.2, 0) is 11.3 Å². The van der Waals surface area contributed by atoms with Crippen molar-refractivity contribution in [3.63, 3.8) is 0 Å². The van der Waals surface area contributed by atoms with Gasteiger partial charge in [-0.1, -0.05) is 15.9 Å². The minimum absolute atomic E-state index is 0.146.